The van der Waals surface area contributed by atoms with Gasteiger partial charge in [-0.3, -0.25) is 4.90 Å². The standard InChI is InChI=1S/C20H36F3NO4SSi/c1-19(2,3)30(4,5)27-15-17-8-6-16(7-9-17)14-24-12-10-18(11-13-24)28-29(25,26)20(21,22)23/h10,16-17H,6-9,11-15H2,1-5H3/t16-,17-. The second kappa shape index (κ2) is 9.50. The molecule has 0 saturated heterocycles. The molecule has 10 heteroatoms. The van der Waals surface area contributed by atoms with Gasteiger partial charge in [0.25, 0.3) is 0 Å². The summed E-state index contributed by atoms with van der Waals surface area (Å²) in [5.74, 6) is 1.04. The summed E-state index contributed by atoms with van der Waals surface area (Å²) in [7, 11) is -7.29. The molecule has 1 aliphatic carbocycles. The summed E-state index contributed by atoms with van der Waals surface area (Å²) in [6.45, 7) is 13.9. The first-order valence-electron chi connectivity index (χ1n) is 10.7. The number of nitrogens with zero attached hydrogens (tertiary/aromatic N) is 1. The lowest BCUT2D eigenvalue weighted by Crippen LogP contribution is -2.42. The predicted octanol–water partition coefficient (Wildman–Crippen LogP) is 5.27. The number of hydrogen-bond acceptors (Lipinski definition) is 5. The Bertz CT molecular complexity index is 709. The van der Waals surface area contributed by atoms with E-state index in [1.165, 1.54) is 6.08 Å². The third kappa shape index (κ3) is 6.96. The molecule has 1 aliphatic heterocycles. The summed E-state index contributed by atoms with van der Waals surface area (Å²) < 4.78 is 70.1. The lowest BCUT2D eigenvalue weighted by atomic mass is 9.82. The van der Waals surface area contributed by atoms with Gasteiger partial charge < -0.3 is 8.61 Å². The van der Waals surface area contributed by atoms with Crippen LogP contribution in [0.5, 0.6) is 0 Å². The van der Waals surface area contributed by atoms with E-state index in [1.54, 1.807) is 0 Å². The average Bonchev–Trinajstić information content (AvgIpc) is 2.61. The zero-order chi connectivity index (χ0) is 22.8. The van der Waals surface area contributed by atoms with Crippen molar-refractivity contribution in [3.63, 3.8) is 0 Å². The van der Waals surface area contributed by atoms with E-state index in [9.17, 15) is 21.6 Å². The molecular weight excluding hydrogens is 435 g/mol. The molecule has 2 rings (SSSR count). The van der Waals surface area contributed by atoms with E-state index in [-0.39, 0.29) is 17.2 Å². The third-order valence-electron chi connectivity index (χ3n) is 6.72. The van der Waals surface area contributed by atoms with Gasteiger partial charge >= 0.3 is 15.6 Å². The van der Waals surface area contributed by atoms with Crippen molar-refractivity contribution >= 4 is 18.4 Å². The summed E-state index contributed by atoms with van der Waals surface area (Å²) in [6, 6.07) is 0. The van der Waals surface area contributed by atoms with Gasteiger partial charge in [-0.25, -0.2) is 0 Å². The normalized spacial score (nSPS) is 25.1. The first-order valence-corrected chi connectivity index (χ1v) is 15.0. The molecule has 0 aromatic heterocycles. The van der Waals surface area contributed by atoms with Crippen molar-refractivity contribution < 1.29 is 30.2 Å². The Labute approximate surface area is 180 Å². The van der Waals surface area contributed by atoms with Gasteiger partial charge in [-0.1, -0.05) is 20.8 Å². The monoisotopic (exact) mass is 471 g/mol. The Morgan fingerprint density at radius 1 is 1.10 bits per heavy atom. The highest BCUT2D eigenvalue weighted by molar-refractivity contribution is 7.87. The van der Waals surface area contributed by atoms with E-state index in [4.69, 9.17) is 4.43 Å². The third-order valence-corrected chi connectivity index (χ3v) is 12.2. The lowest BCUT2D eigenvalue weighted by molar-refractivity contribution is -0.0525. The number of halogens is 3. The molecule has 2 aliphatic rings. The molecule has 0 unspecified atom stereocenters. The molecule has 1 heterocycles. The van der Waals surface area contributed by atoms with Gasteiger partial charge in [-0.2, -0.15) is 21.6 Å². The maximum Gasteiger partial charge on any atom is 0.534 e. The molecule has 0 aromatic carbocycles. The Kier molecular flexibility index (Phi) is 8.13. The van der Waals surface area contributed by atoms with Crippen LogP contribution in [0.1, 0.15) is 52.9 Å². The van der Waals surface area contributed by atoms with Gasteiger partial charge in [0.1, 0.15) is 5.76 Å². The van der Waals surface area contributed by atoms with Crippen LogP contribution in [-0.4, -0.2) is 53.4 Å². The van der Waals surface area contributed by atoms with Gasteiger partial charge in [-0.05, 0) is 61.7 Å². The first-order chi connectivity index (χ1) is 13.6. The van der Waals surface area contributed by atoms with Crippen molar-refractivity contribution in [3.05, 3.63) is 11.8 Å². The van der Waals surface area contributed by atoms with Crippen molar-refractivity contribution in [3.8, 4) is 0 Å². The number of hydrogen-bond donors (Lipinski definition) is 0. The minimum atomic E-state index is -5.57. The van der Waals surface area contributed by atoms with Gasteiger partial charge in [0.05, 0.1) is 0 Å². The van der Waals surface area contributed by atoms with Crippen LogP contribution < -0.4 is 0 Å². The van der Waals surface area contributed by atoms with Crippen LogP contribution in [0.15, 0.2) is 11.8 Å². The molecule has 0 N–H and O–H groups in total. The second-order valence-electron chi connectivity index (χ2n) is 10.1. The summed E-state index contributed by atoms with van der Waals surface area (Å²) in [6.07, 6.45) is 6.15. The van der Waals surface area contributed by atoms with Crippen molar-refractivity contribution in [2.24, 2.45) is 11.8 Å². The molecule has 0 bridgehead atoms. The van der Waals surface area contributed by atoms with Crippen LogP contribution in [0.3, 0.4) is 0 Å². The fourth-order valence-corrected chi connectivity index (χ4v) is 5.22. The van der Waals surface area contributed by atoms with Gasteiger partial charge in [0, 0.05) is 32.7 Å². The Morgan fingerprint density at radius 3 is 2.13 bits per heavy atom. The van der Waals surface area contributed by atoms with Crippen molar-refractivity contribution in [2.45, 2.75) is 76.5 Å². The summed E-state index contributed by atoms with van der Waals surface area (Å²) in [4.78, 5) is 2.16. The molecule has 1 saturated carbocycles. The Balaban J connectivity index is 1.73. The lowest BCUT2D eigenvalue weighted by Gasteiger charge is -2.39. The van der Waals surface area contributed by atoms with Crippen LogP contribution in [0, 0.1) is 11.8 Å². The molecule has 0 radical (unpaired) electrons. The van der Waals surface area contributed by atoms with Crippen molar-refractivity contribution in [1.29, 1.82) is 0 Å². The Hall–Kier alpha value is -0.583. The van der Waals surface area contributed by atoms with Crippen LogP contribution in [0.25, 0.3) is 0 Å². The minimum absolute atomic E-state index is 0.116. The minimum Gasteiger partial charge on any atom is -0.417 e. The van der Waals surface area contributed by atoms with Crippen molar-refractivity contribution in [1.82, 2.24) is 4.90 Å². The molecular formula is C20H36F3NO4SSi. The Morgan fingerprint density at radius 2 is 1.67 bits per heavy atom. The van der Waals surface area contributed by atoms with Crippen LogP contribution in [-0.2, 0) is 18.7 Å². The van der Waals surface area contributed by atoms with Crippen LogP contribution in [0.2, 0.25) is 18.1 Å². The maximum atomic E-state index is 12.4. The maximum absolute atomic E-state index is 12.4. The molecule has 0 aromatic rings. The van der Waals surface area contributed by atoms with E-state index in [0.717, 1.165) is 38.8 Å². The second-order valence-corrected chi connectivity index (χ2v) is 16.5. The predicted molar refractivity (Wildman–Crippen MR) is 114 cm³/mol. The summed E-state index contributed by atoms with van der Waals surface area (Å²) in [5.41, 5.74) is -5.39. The van der Waals surface area contributed by atoms with E-state index < -0.39 is 23.9 Å². The fraction of sp³-hybridized carbons (Fsp3) is 0.900. The summed E-state index contributed by atoms with van der Waals surface area (Å²) in [5, 5.41) is 0.216. The molecule has 176 valence electrons. The van der Waals surface area contributed by atoms with E-state index >= 15 is 0 Å². The highest BCUT2D eigenvalue weighted by atomic mass is 32.2. The SMILES string of the molecule is CC(C)(C)[Si](C)(C)OC[C@H]1CC[C@H](CN2CC=C(OS(=O)(=O)C(F)(F)F)CC2)CC1. The smallest absolute Gasteiger partial charge is 0.417 e. The van der Waals surface area contributed by atoms with Crippen molar-refractivity contribution in [2.75, 3.05) is 26.2 Å². The highest BCUT2D eigenvalue weighted by Crippen LogP contribution is 2.38. The van der Waals surface area contributed by atoms with Gasteiger partial charge in [-0.15, -0.1) is 0 Å². The molecule has 0 atom stereocenters. The van der Waals surface area contributed by atoms with E-state index in [1.807, 2.05) is 0 Å². The first kappa shape index (κ1) is 25.7. The molecule has 30 heavy (non-hydrogen) atoms. The number of rotatable bonds is 7. The van der Waals surface area contributed by atoms with Crippen LogP contribution in [0.4, 0.5) is 13.2 Å². The topological polar surface area (TPSA) is 55.8 Å². The largest absolute Gasteiger partial charge is 0.534 e. The molecule has 5 nitrogen and oxygen atoms in total. The zero-order valence-electron chi connectivity index (χ0n) is 18.7. The highest BCUT2D eigenvalue weighted by Gasteiger charge is 2.49. The van der Waals surface area contributed by atoms with Crippen LogP contribution >= 0.6 is 0 Å². The quantitative estimate of drug-likeness (QED) is 0.288. The molecule has 0 spiro atoms. The average molecular weight is 472 g/mol. The van der Waals surface area contributed by atoms with Gasteiger partial charge in [0.15, 0.2) is 8.32 Å². The molecule has 0 amide bonds. The zero-order valence-corrected chi connectivity index (χ0v) is 20.5. The van der Waals surface area contributed by atoms with E-state index in [2.05, 4.69) is 42.9 Å². The molecule has 1 fully saturated rings. The number of alkyl halides is 3. The summed E-state index contributed by atoms with van der Waals surface area (Å²) >= 11 is 0. The van der Waals surface area contributed by atoms with Gasteiger partial charge in [0.2, 0.25) is 0 Å². The van der Waals surface area contributed by atoms with E-state index in [0.29, 0.717) is 24.9 Å². The fourth-order valence-electron chi connectivity index (χ4n) is 3.61.